The molecule has 39 heavy (non-hydrogen) atoms. The van der Waals surface area contributed by atoms with Crippen LogP contribution in [-0.4, -0.2) is 39.3 Å². The third kappa shape index (κ3) is 6.82. The zero-order chi connectivity index (χ0) is 28.1. The van der Waals surface area contributed by atoms with Crippen molar-refractivity contribution in [2.75, 3.05) is 13.1 Å². The Morgan fingerprint density at radius 2 is 2.03 bits per heavy atom. The molecular formula is C31H37ClFN3O3. The summed E-state index contributed by atoms with van der Waals surface area (Å²) in [4.78, 5) is 14.5. The third-order valence-electron chi connectivity index (χ3n) is 7.77. The molecule has 2 aliphatic rings. The van der Waals surface area contributed by atoms with E-state index >= 15 is 0 Å². The van der Waals surface area contributed by atoms with Crippen molar-refractivity contribution in [3.63, 3.8) is 0 Å². The van der Waals surface area contributed by atoms with Crippen LogP contribution in [0.25, 0.3) is 0 Å². The molecule has 0 bridgehead atoms. The molecule has 0 spiro atoms. The van der Waals surface area contributed by atoms with E-state index < -0.39 is 11.6 Å². The zero-order valence-electron chi connectivity index (χ0n) is 22.8. The van der Waals surface area contributed by atoms with Gasteiger partial charge < -0.3 is 24.7 Å². The van der Waals surface area contributed by atoms with Gasteiger partial charge in [0.05, 0.1) is 16.3 Å². The van der Waals surface area contributed by atoms with Gasteiger partial charge in [-0.2, -0.15) is 0 Å². The summed E-state index contributed by atoms with van der Waals surface area (Å²) in [5.41, 5.74) is 4.12. The number of benzene rings is 1. The van der Waals surface area contributed by atoms with Crippen molar-refractivity contribution in [2.24, 2.45) is 0 Å². The number of aromatic hydroxyl groups is 1. The maximum Gasteiger partial charge on any atom is 0.246 e. The van der Waals surface area contributed by atoms with Crippen molar-refractivity contribution in [1.29, 1.82) is 5.41 Å². The number of piperidine rings is 1. The van der Waals surface area contributed by atoms with Crippen LogP contribution in [0.3, 0.4) is 0 Å². The smallest absolute Gasteiger partial charge is 0.246 e. The average Bonchev–Trinajstić information content (AvgIpc) is 3.33. The van der Waals surface area contributed by atoms with Gasteiger partial charge in [0, 0.05) is 36.9 Å². The Labute approximate surface area is 234 Å². The van der Waals surface area contributed by atoms with Crippen LogP contribution in [0.15, 0.2) is 60.0 Å². The molecule has 1 atom stereocenters. The number of nitrogens with one attached hydrogen (secondary N) is 1. The predicted molar refractivity (Wildman–Crippen MR) is 153 cm³/mol. The minimum atomic E-state index is -0.758. The highest BCUT2D eigenvalue weighted by Gasteiger charge is 2.26. The quantitative estimate of drug-likeness (QED) is 0.264. The SMILES string of the molecule is CC=C(C)CC=CC(=O)N1CCC(n2cc(C3C=C(OCc4c(Cl)ccc(F)c4O)C(=N)CC3)cc2C)CC1. The average molecular weight is 554 g/mol. The minimum Gasteiger partial charge on any atom is -0.505 e. The first kappa shape index (κ1) is 28.7. The van der Waals surface area contributed by atoms with Crippen molar-refractivity contribution in [2.45, 2.75) is 71.4 Å². The summed E-state index contributed by atoms with van der Waals surface area (Å²) in [6.07, 6.45) is 13.8. The van der Waals surface area contributed by atoms with Crippen LogP contribution in [0.1, 0.15) is 74.7 Å². The van der Waals surface area contributed by atoms with Gasteiger partial charge in [0.15, 0.2) is 11.6 Å². The number of allylic oxidation sites excluding steroid dienone is 5. The Kier molecular flexibility index (Phi) is 9.33. The normalized spacial score (nSPS) is 19.1. The molecule has 1 aliphatic heterocycles. The first-order valence-electron chi connectivity index (χ1n) is 13.5. The summed E-state index contributed by atoms with van der Waals surface area (Å²) < 4.78 is 22.0. The van der Waals surface area contributed by atoms with E-state index in [1.807, 2.05) is 24.0 Å². The molecule has 2 heterocycles. The largest absolute Gasteiger partial charge is 0.505 e. The van der Waals surface area contributed by atoms with Crippen LogP contribution >= 0.6 is 11.6 Å². The van der Waals surface area contributed by atoms with Crippen LogP contribution < -0.4 is 0 Å². The Morgan fingerprint density at radius 1 is 1.28 bits per heavy atom. The second-order valence-electron chi connectivity index (χ2n) is 10.4. The first-order valence-corrected chi connectivity index (χ1v) is 13.9. The molecule has 1 saturated heterocycles. The fraction of sp³-hybridized carbons (Fsp3) is 0.419. The van der Waals surface area contributed by atoms with Crippen molar-refractivity contribution < 1.29 is 19.0 Å². The number of halogens is 2. The Balaban J connectivity index is 1.40. The van der Waals surface area contributed by atoms with Crippen LogP contribution in [0.5, 0.6) is 5.75 Å². The minimum absolute atomic E-state index is 0.0810. The van der Waals surface area contributed by atoms with E-state index in [0.717, 1.165) is 50.4 Å². The summed E-state index contributed by atoms with van der Waals surface area (Å²) >= 11 is 6.13. The molecule has 1 fully saturated rings. The number of aromatic nitrogens is 1. The number of phenolic OH excluding ortho intramolecular Hbond substituents is 1. The number of aryl methyl sites for hydroxylation is 1. The van der Waals surface area contributed by atoms with Crippen LogP contribution in [0.2, 0.25) is 5.02 Å². The number of hydrogen-bond donors (Lipinski definition) is 2. The zero-order valence-corrected chi connectivity index (χ0v) is 23.6. The number of carbonyl (C=O) groups excluding carboxylic acids is 1. The Bertz CT molecular complexity index is 1320. The molecule has 1 unspecified atom stereocenters. The fourth-order valence-electron chi connectivity index (χ4n) is 5.20. The standard InChI is InChI=1S/C31H37ClFN3O3/c1-4-20(2)6-5-7-30(37)35-14-12-24(13-15-35)36-18-23(16-21(36)3)22-8-11-28(34)29(17-22)39-19-25-26(32)9-10-27(33)31(25)38/h4-5,7,9-10,16-18,22,24,34,38H,6,8,11-15,19H2,1-3H3. The number of ether oxygens (including phenoxy) is 1. The number of hydrogen-bond acceptors (Lipinski definition) is 4. The van der Waals surface area contributed by atoms with Crippen LogP contribution in [0.4, 0.5) is 4.39 Å². The molecule has 2 aromatic rings. The van der Waals surface area contributed by atoms with Crippen LogP contribution in [0, 0.1) is 18.2 Å². The molecule has 4 rings (SSSR count). The highest BCUT2D eigenvalue weighted by Crippen LogP contribution is 2.35. The number of phenols is 1. The molecule has 6 nitrogen and oxygen atoms in total. The van der Waals surface area contributed by atoms with Gasteiger partial charge >= 0.3 is 0 Å². The summed E-state index contributed by atoms with van der Waals surface area (Å²) in [6, 6.07) is 5.01. The lowest BCUT2D eigenvalue weighted by Gasteiger charge is -2.33. The molecule has 0 saturated carbocycles. The lowest BCUT2D eigenvalue weighted by molar-refractivity contribution is -0.127. The topological polar surface area (TPSA) is 78.6 Å². The van der Waals surface area contributed by atoms with E-state index in [2.05, 4.69) is 36.8 Å². The number of likely N-dealkylation sites (tertiary alicyclic amines) is 1. The summed E-state index contributed by atoms with van der Waals surface area (Å²) in [6.45, 7) is 7.52. The van der Waals surface area contributed by atoms with Crippen molar-refractivity contribution >= 4 is 23.2 Å². The van der Waals surface area contributed by atoms with E-state index in [1.165, 1.54) is 17.3 Å². The van der Waals surface area contributed by atoms with Gasteiger partial charge in [-0.3, -0.25) is 4.79 Å². The van der Waals surface area contributed by atoms with Gasteiger partial charge in [-0.1, -0.05) is 29.3 Å². The number of carbonyl (C=O) groups is 1. The highest BCUT2D eigenvalue weighted by atomic mass is 35.5. The second kappa shape index (κ2) is 12.7. The van der Waals surface area contributed by atoms with Gasteiger partial charge in [-0.15, -0.1) is 0 Å². The monoisotopic (exact) mass is 553 g/mol. The second-order valence-corrected chi connectivity index (χ2v) is 10.8. The molecule has 8 heteroatoms. The fourth-order valence-corrected chi connectivity index (χ4v) is 5.41. The molecule has 208 valence electrons. The lowest BCUT2D eigenvalue weighted by atomic mass is 9.89. The number of rotatable bonds is 8. The molecular weight excluding hydrogens is 517 g/mol. The van der Waals surface area contributed by atoms with E-state index in [9.17, 15) is 14.3 Å². The predicted octanol–water partition coefficient (Wildman–Crippen LogP) is 7.37. The van der Waals surface area contributed by atoms with Crippen LogP contribution in [-0.2, 0) is 16.1 Å². The van der Waals surface area contributed by atoms with Crippen molar-refractivity contribution in [3.05, 3.63) is 87.7 Å². The van der Waals surface area contributed by atoms with Crippen molar-refractivity contribution in [3.8, 4) is 5.75 Å². The van der Waals surface area contributed by atoms with E-state index in [4.69, 9.17) is 21.7 Å². The van der Waals surface area contributed by atoms with E-state index in [0.29, 0.717) is 23.9 Å². The third-order valence-corrected chi connectivity index (χ3v) is 8.12. The van der Waals surface area contributed by atoms with Gasteiger partial charge in [0.2, 0.25) is 5.91 Å². The first-order chi connectivity index (χ1) is 18.7. The van der Waals surface area contributed by atoms with E-state index in [-0.39, 0.29) is 29.0 Å². The van der Waals surface area contributed by atoms with E-state index in [1.54, 1.807) is 6.08 Å². The Morgan fingerprint density at radius 3 is 2.74 bits per heavy atom. The molecule has 2 N–H and O–H groups in total. The van der Waals surface area contributed by atoms with Gasteiger partial charge in [0.1, 0.15) is 12.4 Å². The summed E-state index contributed by atoms with van der Waals surface area (Å²) in [5.74, 6) is -0.690. The van der Waals surface area contributed by atoms with Gasteiger partial charge in [-0.05, 0) is 88.8 Å². The number of nitrogens with zero attached hydrogens (tertiary/aromatic N) is 2. The maximum absolute atomic E-state index is 13.8. The van der Waals surface area contributed by atoms with Gasteiger partial charge in [-0.25, -0.2) is 4.39 Å². The molecule has 1 aliphatic carbocycles. The lowest BCUT2D eigenvalue weighted by Crippen LogP contribution is -2.38. The highest BCUT2D eigenvalue weighted by molar-refractivity contribution is 6.31. The molecule has 1 aromatic heterocycles. The maximum atomic E-state index is 13.8. The molecule has 1 amide bonds. The van der Waals surface area contributed by atoms with Gasteiger partial charge in [0.25, 0.3) is 0 Å². The van der Waals surface area contributed by atoms with Crippen molar-refractivity contribution in [1.82, 2.24) is 9.47 Å². The number of amides is 1. The summed E-state index contributed by atoms with van der Waals surface area (Å²) in [5, 5.41) is 18.6. The molecule has 1 aromatic carbocycles. The summed E-state index contributed by atoms with van der Waals surface area (Å²) in [7, 11) is 0. The molecule has 0 radical (unpaired) electrons. The Hall–Kier alpha value is -3.32.